The molecule has 1 aliphatic carbocycles. The summed E-state index contributed by atoms with van der Waals surface area (Å²) in [7, 11) is 2.15. The molecule has 2 fully saturated rings. The number of nitrogens with zero attached hydrogens (tertiary/aromatic N) is 3. The number of pyridine rings is 1. The van der Waals surface area contributed by atoms with E-state index in [0.29, 0.717) is 5.92 Å². The highest BCUT2D eigenvalue weighted by Gasteiger charge is 2.42. The first-order chi connectivity index (χ1) is 12.7. The topological polar surface area (TPSA) is 48.5 Å². The molecular formula is C21H26N4O. The first-order valence-electron chi connectivity index (χ1n) is 9.43. The summed E-state index contributed by atoms with van der Waals surface area (Å²) < 4.78 is 0. The minimum Gasteiger partial charge on any atom is -0.367 e. The van der Waals surface area contributed by atoms with Crippen LogP contribution in [0.2, 0.25) is 0 Å². The molecule has 1 amide bonds. The normalized spacial score (nSPS) is 22.9. The standard InChI is InChI=1S/C21H26N4O/c1-24-9-11-25(12-10-24)20-7-8-22-15-19(20)23-21(26)18-14-17(18)13-16-5-3-2-4-6-16/h2-8,15,17-18H,9-14H2,1H3,(H,23,26). The summed E-state index contributed by atoms with van der Waals surface area (Å²) >= 11 is 0. The third kappa shape index (κ3) is 3.88. The van der Waals surface area contributed by atoms with Gasteiger partial charge in [-0.15, -0.1) is 0 Å². The Morgan fingerprint density at radius 2 is 1.92 bits per heavy atom. The molecule has 136 valence electrons. The summed E-state index contributed by atoms with van der Waals surface area (Å²) in [5, 5.41) is 3.14. The van der Waals surface area contributed by atoms with Crippen LogP contribution >= 0.6 is 0 Å². The number of rotatable bonds is 5. The SMILES string of the molecule is CN1CCN(c2ccncc2NC(=O)C2CC2Cc2ccccc2)CC1. The highest BCUT2D eigenvalue weighted by Crippen LogP contribution is 2.42. The van der Waals surface area contributed by atoms with Gasteiger partial charge in [0, 0.05) is 38.3 Å². The average Bonchev–Trinajstić information content (AvgIpc) is 3.43. The summed E-state index contributed by atoms with van der Waals surface area (Å²) in [5.41, 5.74) is 3.24. The van der Waals surface area contributed by atoms with E-state index in [1.54, 1.807) is 12.4 Å². The quantitative estimate of drug-likeness (QED) is 0.901. The smallest absolute Gasteiger partial charge is 0.227 e. The number of anilines is 2. The Labute approximate surface area is 155 Å². The van der Waals surface area contributed by atoms with E-state index >= 15 is 0 Å². The Hall–Kier alpha value is -2.40. The lowest BCUT2D eigenvalue weighted by molar-refractivity contribution is -0.117. The maximum atomic E-state index is 12.7. The summed E-state index contributed by atoms with van der Waals surface area (Å²) in [6.45, 7) is 4.03. The molecule has 1 N–H and O–H groups in total. The van der Waals surface area contributed by atoms with Crippen molar-refractivity contribution in [2.24, 2.45) is 11.8 Å². The van der Waals surface area contributed by atoms with Crippen molar-refractivity contribution in [3.63, 3.8) is 0 Å². The summed E-state index contributed by atoms with van der Waals surface area (Å²) in [6, 6.07) is 12.4. The first kappa shape index (κ1) is 17.0. The van der Waals surface area contributed by atoms with Gasteiger partial charge in [-0.25, -0.2) is 0 Å². The Kier molecular flexibility index (Phi) is 4.89. The number of carbonyl (C=O) groups excluding carboxylic acids is 1. The van der Waals surface area contributed by atoms with Gasteiger partial charge in [0.05, 0.1) is 17.6 Å². The van der Waals surface area contributed by atoms with Crippen LogP contribution in [0.3, 0.4) is 0 Å². The van der Waals surface area contributed by atoms with Crippen LogP contribution in [-0.4, -0.2) is 49.0 Å². The molecule has 2 aromatic rings. The van der Waals surface area contributed by atoms with Crippen molar-refractivity contribution in [1.82, 2.24) is 9.88 Å². The van der Waals surface area contributed by atoms with Gasteiger partial charge in [-0.1, -0.05) is 30.3 Å². The molecule has 1 aliphatic heterocycles. The predicted octanol–water partition coefficient (Wildman–Crippen LogP) is 2.65. The van der Waals surface area contributed by atoms with Crippen LogP contribution in [0.25, 0.3) is 0 Å². The van der Waals surface area contributed by atoms with Gasteiger partial charge >= 0.3 is 0 Å². The maximum absolute atomic E-state index is 12.7. The number of hydrogen-bond donors (Lipinski definition) is 1. The van der Waals surface area contributed by atoms with Crippen LogP contribution in [0, 0.1) is 11.8 Å². The zero-order chi connectivity index (χ0) is 17.9. The third-order valence-electron chi connectivity index (χ3n) is 5.50. The van der Waals surface area contributed by atoms with Crippen molar-refractivity contribution in [2.75, 3.05) is 43.4 Å². The largest absolute Gasteiger partial charge is 0.367 e. The Morgan fingerprint density at radius 3 is 2.69 bits per heavy atom. The van der Waals surface area contributed by atoms with E-state index in [0.717, 1.165) is 50.4 Å². The van der Waals surface area contributed by atoms with Crippen LogP contribution in [0.4, 0.5) is 11.4 Å². The van der Waals surface area contributed by atoms with Gasteiger partial charge in [0.2, 0.25) is 5.91 Å². The molecule has 2 heterocycles. The molecule has 1 saturated heterocycles. The van der Waals surface area contributed by atoms with E-state index in [9.17, 15) is 4.79 Å². The fraction of sp³-hybridized carbons (Fsp3) is 0.429. The Balaban J connectivity index is 1.38. The molecule has 4 rings (SSSR count). The van der Waals surface area contributed by atoms with E-state index in [-0.39, 0.29) is 11.8 Å². The number of carbonyl (C=O) groups is 1. The lowest BCUT2D eigenvalue weighted by Gasteiger charge is -2.34. The molecule has 5 heteroatoms. The second-order valence-corrected chi connectivity index (χ2v) is 7.46. The minimum absolute atomic E-state index is 0.121. The predicted molar refractivity (Wildman–Crippen MR) is 104 cm³/mol. The van der Waals surface area contributed by atoms with Gasteiger partial charge < -0.3 is 15.1 Å². The van der Waals surface area contributed by atoms with Crippen LogP contribution in [-0.2, 0) is 11.2 Å². The number of hydrogen-bond acceptors (Lipinski definition) is 4. The number of nitrogens with one attached hydrogen (secondary N) is 1. The lowest BCUT2D eigenvalue weighted by Crippen LogP contribution is -2.44. The van der Waals surface area contributed by atoms with Crippen LogP contribution < -0.4 is 10.2 Å². The van der Waals surface area contributed by atoms with Crippen molar-refractivity contribution < 1.29 is 4.79 Å². The van der Waals surface area contributed by atoms with Gasteiger partial charge in [0.1, 0.15) is 0 Å². The molecule has 0 spiro atoms. The Bertz CT molecular complexity index is 756. The van der Waals surface area contributed by atoms with E-state index in [1.165, 1.54) is 5.56 Å². The van der Waals surface area contributed by atoms with Crippen LogP contribution in [0.15, 0.2) is 48.8 Å². The second-order valence-electron chi connectivity index (χ2n) is 7.46. The van der Waals surface area contributed by atoms with E-state index < -0.39 is 0 Å². The van der Waals surface area contributed by atoms with Crippen molar-refractivity contribution in [1.29, 1.82) is 0 Å². The van der Waals surface area contributed by atoms with E-state index in [1.807, 2.05) is 12.1 Å². The van der Waals surface area contributed by atoms with Crippen LogP contribution in [0.1, 0.15) is 12.0 Å². The summed E-state index contributed by atoms with van der Waals surface area (Å²) in [4.78, 5) is 21.6. The lowest BCUT2D eigenvalue weighted by atomic mass is 10.1. The Morgan fingerprint density at radius 1 is 1.15 bits per heavy atom. The number of amides is 1. The second kappa shape index (κ2) is 7.46. The van der Waals surface area contributed by atoms with Crippen LogP contribution in [0.5, 0.6) is 0 Å². The molecule has 2 unspecified atom stereocenters. The highest BCUT2D eigenvalue weighted by atomic mass is 16.2. The van der Waals surface area contributed by atoms with Crippen molar-refractivity contribution in [3.8, 4) is 0 Å². The molecule has 1 aromatic heterocycles. The van der Waals surface area contributed by atoms with E-state index in [2.05, 4.69) is 51.4 Å². The zero-order valence-corrected chi connectivity index (χ0v) is 15.3. The van der Waals surface area contributed by atoms with Gasteiger partial charge in [0.15, 0.2) is 0 Å². The number of piperazine rings is 1. The first-order valence-corrected chi connectivity index (χ1v) is 9.43. The number of aromatic nitrogens is 1. The third-order valence-corrected chi connectivity index (χ3v) is 5.50. The molecule has 1 aromatic carbocycles. The zero-order valence-electron chi connectivity index (χ0n) is 15.3. The fourth-order valence-corrected chi connectivity index (χ4v) is 3.74. The molecule has 1 saturated carbocycles. The number of benzene rings is 1. The molecule has 2 aliphatic rings. The van der Waals surface area contributed by atoms with Crippen molar-refractivity contribution in [3.05, 3.63) is 54.4 Å². The summed E-state index contributed by atoms with van der Waals surface area (Å²) in [5.74, 6) is 0.714. The van der Waals surface area contributed by atoms with Gasteiger partial charge in [-0.3, -0.25) is 9.78 Å². The molecule has 0 bridgehead atoms. The van der Waals surface area contributed by atoms with Gasteiger partial charge in [-0.05, 0) is 37.4 Å². The minimum atomic E-state index is 0.121. The van der Waals surface area contributed by atoms with E-state index in [4.69, 9.17) is 0 Å². The summed E-state index contributed by atoms with van der Waals surface area (Å²) in [6.07, 6.45) is 5.54. The monoisotopic (exact) mass is 350 g/mol. The molecule has 26 heavy (non-hydrogen) atoms. The van der Waals surface area contributed by atoms with Crippen molar-refractivity contribution >= 4 is 17.3 Å². The number of likely N-dealkylation sites (N-methyl/N-ethyl adjacent to an activating group) is 1. The highest BCUT2D eigenvalue weighted by molar-refractivity contribution is 5.97. The molecule has 0 radical (unpaired) electrons. The molecule has 2 atom stereocenters. The fourth-order valence-electron chi connectivity index (χ4n) is 3.74. The van der Waals surface area contributed by atoms with Crippen molar-refractivity contribution in [2.45, 2.75) is 12.8 Å². The average molecular weight is 350 g/mol. The molecule has 5 nitrogen and oxygen atoms in total. The van der Waals surface area contributed by atoms with Gasteiger partial charge in [-0.2, -0.15) is 0 Å². The molecular weight excluding hydrogens is 324 g/mol. The maximum Gasteiger partial charge on any atom is 0.227 e. The van der Waals surface area contributed by atoms with Gasteiger partial charge in [0.25, 0.3) is 0 Å².